The van der Waals surface area contributed by atoms with E-state index in [4.69, 9.17) is 21.1 Å². The second kappa shape index (κ2) is 7.73. The topological polar surface area (TPSA) is 52.6 Å². The summed E-state index contributed by atoms with van der Waals surface area (Å²) in [5.74, 6) is 3.52. The molecule has 0 radical (unpaired) electrons. The van der Waals surface area contributed by atoms with E-state index in [2.05, 4.69) is 13.8 Å². The van der Waals surface area contributed by atoms with Gasteiger partial charge < -0.3 is 9.47 Å². The molecule has 0 heterocycles. The van der Waals surface area contributed by atoms with Crippen LogP contribution in [0, 0.1) is 40.4 Å². The smallest absolute Gasteiger partial charge is 0.431 e. The van der Waals surface area contributed by atoms with Crippen LogP contribution in [0.25, 0.3) is 0 Å². The van der Waals surface area contributed by atoms with E-state index < -0.39 is 11.7 Å². The summed E-state index contributed by atoms with van der Waals surface area (Å²) in [5, 5.41) is 0. The molecule has 4 fully saturated rings. The number of ketones is 1. The number of carbonyl (C=O) groups excluding carboxylic acids is 2. The molecule has 1 unspecified atom stereocenters. The molecule has 0 aliphatic heterocycles. The first-order chi connectivity index (χ1) is 13.6. The molecule has 4 rings (SSSR count). The van der Waals surface area contributed by atoms with Crippen molar-refractivity contribution in [2.24, 2.45) is 40.4 Å². The lowest BCUT2D eigenvalue weighted by Crippen LogP contribution is -2.54. The van der Waals surface area contributed by atoms with Gasteiger partial charge >= 0.3 is 6.16 Å². The van der Waals surface area contributed by atoms with Crippen LogP contribution in [-0.4, -0.2) is 23.6 Å². The molecule has 0 amide bonds. The van der Waals surface area contributed by atoms with Gasteiger partial charge in [-0.25, -0.2) is 4.79 Å². The molecule has 0 bridgehead atoms. The second-order valence-electron chi connectivity index (χ2n) is 10.9. The number of ether oxygens (including phenoxy) is 2. The van der Waals surface area contributed by atoms with Gasteiger partial charge in [-0.15, -0.1) is 0 Å². The molecule has 0 aromatic heterocycles. The van der Waals surface area contributed by atoms with E-state index in [0.717, 1.165) is 37.5 Å². The molecule has 0 aromatic carbocycles. The average molecular weight is 425 g/mol. The molecule has 164 valence electrons. The van der Waals surface area contributed by atoms with E-state index in [9.17, 15) is 9.59 Å². The molecule has 29 heavy (non-hydrogen) atoms. The summed E-state index contributed by atoms with van der Waals surface area (Å²) in [6.07, 6.45) is 9.57. The van der Waals surface area contributed by atoms with Crippen LogP contribution in [-0.2, 0) is 14.3 Å². The Hall–Kier alpha value is -0.770. The average Bonchev–Trinajstić information content (AvgIpc) is 2.98. The van der Waals surface area contributed by atoms with Crippen molar-refractivity contribution in [3.05, 3.63) is 0 Å². The fraction of sp³-hybridized carbons (Fsp3) is 0.917. The van der Waals surface area contributed by atoms with Gasteiger partial charge in [0, 0.05) is 5.92 Å². The Kier molecular flexibility index (Phi) is 5.72. The number of halogens is 1. The highest BCUT2D eigenvalue weighted by molar-refractivity contribution is 6.19. The summed E-state index contributed by atoms with van der Waals surface area (Å²) in [4.78, 5) is 24.2. The maximum Gasteiger partial charge on any atom is 0.510 e. The third kappa shape index (κ3) is 3.62. The first-order valence-corrected chi connectivity index (χ1v) is 12.1. The first-order valence-electron chi connectivity index (χ1n) is 11.7. The van der Waals surface area contributed by atoms with Gasteiger partial charge in [-0.1, -0.05) is 25.4 Å². The van der Waals surface area contributed by atoms with E-state index in [1.807, 2.05) is 0 Å². The molecule has 0 saturated heterocycles. The summed E-state index contributed by atoms with van der Waals surface area (Å²) in [6, 6.07) is 0. The highest BCUT2D eigenvalue weighted by atomic mass is 35.5. The quantitative estimate of drug-likeness (QED) is 0.391. The van der Waals surface area contributed by atoms with E-state index >= 15 is 0 Å². The molecular weight excluding hydrogens is 388 g/mol. The standard InChI is InChI=1S/C24H37ClO4/c1-14(26)19-7-8-20-18-6-5-16-13-17(29-22(27)28-15(2)25)9-11-23(16,3)21(18)10-12-24(19,20)4/h15-21H,5-13H2,1-4H3/t15?,16-,17+,18-,19+,20-,21-,23-,24+/m0/s1. The van der Waals surface area contributed by atoms with Crippen LogP contribution in [0.3, 0.4) is 0 Å². The Morgan fingerprint density at radius 3 is 2.34 bits per heavy atom. The van der Waals surface area contributed by atoms with E-state index in [1.165, 1.54) is 32.1 Å². The van der Waals surface area contributed by atoms with Gasteiger partial charge in [0.05, 0.1) is 0 Å². The van der Waals surface area contributed by atoms with Crippen LogP contribution in [0.15, 0.2) is 0 Å². The Morgan fingerprint density at radius 1 is 0.966 bits per heavy atom. The molecule has 4 aliphatic rings. The zero-order valence-corrected chi connectivity index (χ0v) is 19.2. The van der Waals surface area contributed by atoms with Crippen LogP contribution >= 0.6 is 11.6 Å². The molecule has 4 aliphatic carbocycles. The molecule has 4 nitrogen and oxygen atoms in total. The molecule has 0 aromatic rings. The lowest BCUT2D eigenvalue weighted by molar-refractivity contribution is -0.140. The minimum Gasteiger partial charge on any atom is -0.431 e. The largest absolute Gasteiger partial charge is 0.510 e. The zero-order valence-electron chi connectivity index (χ0n) is 18.4. The van der Waals surface area contributed by atoms with Gasteiger partial charge in [0.25, 0.3) is 0 Å². The molecule has 5 heteroatoms. The molecule has 0 N–H and O–H groups in total. The molecule has 4 saturated carbocycles. The minimum absolute atomic E-state index is 0.0463. The Morgan fingerprint density at radius 2 is 1.66 bits per heavy atom. The van der Waals surface area contributed by atoms with Crippen LogP contribution in [0.2, 0.25) is 0 Å². The van der Waals surface area contributed by atoms with Crippen molar-refractivity contribution in [2.75, 3.05) is 0 Å². The monoisotopic (exact) mass is 424 g/mol. The van der Waals surface area contributed by atoms with Gasteiger partial charge in [-0.3, -0.25) is 4.79 Å². The van der Waals surface area contributed by atoms with Crippen molar-refractivity contribution in [1.82, 2.24) is 0 Å². The van der Waals surface area contributed by atoms with Crippen molar-refractivity contribution < 1.29 is 19.1 Å². The highest BCUT2D eigenvalue weighted by Crippen LogP contribution is 2.67. The van der Waals surface area contributed by atoms with E-state index in [-0.39, 0.29) is 17.4 Å². The lowest BCUT2D eigenvalue weighted by Gasteiger charge is -2.61. The third-order valence-electron chi connectivity index (χ3n) is 9.63. The molecule has 0 spiro atoms. The summed E-state index contributed by atoms with van der Waals surface area (Å²) in [7, 11) is 0. The SMILES string of the molecule is CC(=O)[C@H]1CC[C@H]2[C@@H]3CC[C@H]4C[C@H](OC(=O)OC(C)Cl)CC[C@]4(C)[C@H]3CC[C@]12C. The Labute approximate surface area is 180 Å². The van der Waals surface area contributed by atoms with Crippen LogP contribution in [0.4, 0.5) is 4.79 Å². The van der Waals surface area contributed by atoms with E-state index in [1.54, 1.807) is 13.8 Å². The minimum atomic E-state index is -0.659. The van der Waals surface area contributed by atoms with Crippen LogP contribution < -0.4 is 0 Å². The maximum absolute atomic E-state index is 12.3. The van der Waals surface area contributed by atoms with Gasteiger partial charge in [0.1, 0.15) is 11.9 Å². The number of alkyl halides is 1. The van der Waals surface area contributed by atoms with Crippen LogP contribution in [0.5, 0.6) is 0 Å². The normalized spacial score (nSPS) is 47.3. The number of hydrogen-bond acceptors (Lipinski definition) is 4. The number of fused-ring (bicyclic) bond motifs is 5. The highest BCUT2D eigenvalue weighted by Gasteiger charge is 2.60. The third-order valence-corrected chi connectivity index (χ3v) is 9.72. The fourth-order valence-corrected chi connectivity index (χ4v) is 8.36. The number of Topliss-reactive ketones (excluding diaryl/α,β-unsaturated/α-hetero) is 1. The van der Waals surface area contributed by atoms with Crippen LogP contribution in [0.1, 0.15) is 85.5 Å². The predicted octanol–water partition coefficient (Wildman–Crippen LogP) is 6.34. The Balaban J connectivity index is 1.45. The fourth-order valence-electron chi connectivity index (χ4n) is 8.29. The molecular formula is C24H37ClO4. The van der Waals surface area contributed by atoms with Crippen molar-refractivity contribution in [3.63, 3.8) is 0 Å². The maximum atomic E-state index is 12.3. The van der Waals surface area contributed by atoms with Gasteiger partial charge in [0.15, 0.2) is 5.56 Å². The second-order valence-corrected chi connectivity index (χ2v) is 11.5. The van der Waals surface area contributed by atoms with E-state index in [0.29, 0.717) is 23.0 Å². The summed E-state index contributed by atoms with van der Waals surface area (Å²) < 4.78 is 10.5. The Bertz CT molecular complexity index is 663. The zero-order chi connectivity index (χ0) is 21.0. The first kappa shape index (κ1) is 21.5. The summed E-state index contributed by atoms with van der Waals surface area (Å²) >= 11 is 5.74. The number of hydrogen-bond donors (Lipinski definition) is 0. The summed E-state index contributed by atoms with van der Waals surface area (Å²) in [5.41, 5.74) is -0.103. The van der Waals surface area contributed by atoms with Crippen molar-refractivity contribution >= 4 is 23.5 Å². The van der Waals surface area contributed by atoms with Crippen molar-refractivity contribution in [3.8, 4) is 0 Å². The van der Waals surface area contributed by atoms with Gasteiger partial charge in [0.2, 0.25) is 0 Å². The van der Waals surface area contributed by atoms with Crippen molar-refractivity contribution in [1.29, 1.82) is 0 Å². The lowest BCUT2D eigenvalue weighted by atomic mass is 9.44. The number of rotatable bonds is 3. The predicted molar refractivity (Wildman–Crippen MR) is 113 cm³/mol. The van der Waals surface area contributed by atoms with Crippen molar-refractivity contribution in [2.45, 2.75) is 97.1 Å². The van der Waals surface area contributed by atoms with Gasteiger partial charge in [-0.2, -0.15) is 0 Å². The number of carbonyl (C=O) groups is 2. The summed E-state index contributed by atoms with van der Waals surface area (Å²) in [6.45, 7) is 8.35. The van der Waals surface area contributed by atoms with Gasteiger partial charge in [-0.05, 0) is 106 Å². The molecule has 9 atom stereocenters.